The summed E-state index contributed by atoms with van der Waals surface area (Å²) in [5, 5.41) is 12.6. The van der Waals surface area contributed by atoms with Crippen LogP contribution in [0.4, 0.5) is 18.9 Å². The van der Waals surface area contributed by atoms with Gasteiger partial charge in [-0.3, -0.25) is 0 Å². The fourth-order valence-electron chi connectivity index (χ4n) is 1.57. The molecule has 0 spiro atoms. The van der Waals surface area contributed by atoms with Gasteiger partial charge in [-0.05, 0) is 36.4 Å². The van der Waals surface area contributed by atoms with Crippen LogP contribution >= 0.6 is 0 Å². The summed E-state index contributed by atoms with van der Waals surface area (Å²) in [6.07, 6.45) is -3.75. The van der Waals surface area contributed by atoms with Crippen molar-refractivity contribution in [3.8, 4) is 0 Å². The van der Waals surface area contributed by atoms with E-state index in [1.165, 1.54) is 18.4 Å². The Morgan fingerprint density at radius 2 is 1.84 bits per heavy atom. The first-order valence-corrected chi connectivity index (χ1v) is 5.59. The third-order valence-electron chi connectivity index (χ3n) is 2.58. The zero-order chi connectivity index (χ0) is 13.9. The summed E-state index contributed by atoms with van der Waals surface area (Å²) in [4.78, 5) is 0. The Hall–Kier alpha value is -1.95. The SMILES string of the molecule is OC(CNc1ccc(C(F)(F)F)cc1)c1ccco1. The van der Waals surface area contributed by atoms with Crippen LogP contribution in [0.1, 0.15) is 17.4 Å². The topological polar surface area (TPSA) is 45.4 Å². The first-order chi connectivity index (χ1) is 8.97. The Balaban J connectivity index is 1.93. The van der Waals surface area contributed by atoms with Crippen LogP contribution in [0, 0.1) is 0 Å². The zero-order valence-corrected chi connectivity index (χ0v) is 9.82. The van der Waals surface area contributed by atoms with Crippen LogP contribution < -0.4 is 5.32 Å². The van der Waals surface area contributed by atoms with Crippen molar-refractivity contribution >= 4 is 5.69 Å². The van der Waals surface area contributed by atoms with Gasteiger partial charge in [0.1, 0.15) is 11.9 Å². The number of halogens is 3. The molecule has 0 aliphatic rings. The molecule has 1 heterocycles. The molecule has 0 bridgehead atoms. The normalized spacial score (nSPS) is 13.3. The number of aliphatic hydroxyl groups excluding tert-OH is 1. The number of hydrogen-bond donors (Lipinski definition) is 2. The zero-order valence-electron chi connectivity index (χ0n) is 9.82. The van der Waals surface area contributed by atoms with Crippen molar-refractivity contribution in [3.05, 3.63) is 54.0 Å². The van der Waals surface area contributed by atoms with Crippen molar-refractivity contribution in [2.24, 2.45) is 0 Å². The Morgan fingerprint density at radius 1 is 1.16 bits per heavy atom. The Bertz CT molecular complexity index is 506. The van der Waals surface area contributed by atoms with Crippen LogP contribution in [0.15, 0.2) is 47.1 Å². The van der Waals surface area contributed by atoms with Gasteiger partial charge in [0.05, 0.1) is 11.8 Å². The van der Waals surface area contributed by atoms with E-state index in [4.69, 9.17) is 4.42 Å². The van der Waals surface area contributed by atoms with Gasteiger partial charge in [0.15, 0.2) is 0 Å². The monoisotopic (exact) mass is 271 g/mol. The Labute approximate surface area is 107 Å². The molecule has 1 atom stereocenters. The summed E-state index contributed by atoms with van der Waals surface area (Å²) >= 11 is 0. The van der Waals surface area contributed by atoms with Gasteiger partial charge in [0.25, 0.3) is 0 Å². The second kappa shape index (κ2) is 5.36. The molecule has 2 N–H and O–H groups in total. The molecule has 0 aliphatic heterocycles. The number of nitrogens with one attached hydrogen (secondary N) is 1. The van der Waals surface area contributed by atoms with Gasteiger partial charge < -0.3 is 14.8 Å². The lowest BCUT2D eigenvalue weighted by molar-refractivity contribution is -0.137. The minimum Gasteiger partial charge on any atom is -0.467 e. The fourth-order valence-corrected chi connectivity index (χ4v) is 1.57. The molecule has 19 heavy (non-hydrogen) atoms. The largest absolute Gasteiger partial charge is 0.467 e. The lowest BCUT2D eigenvalue weighted by Crippen LogP contribution is -2.12. The van der Waals surface area contributed by atoms with Crippen LogP contribution in [0.2, 0.25) is 0 Å². The summed E-state index contributed by atoms with van der Waals surface area (Å²) < 4.78 is 42.0. The van der Waals surface area contributed by atoms with Crippen LogP contribution in [0.5, 0.6) is 0 Å². The van der Waals surface area contributed by atoms with E-state index in [-0.39, 0.29) is 6.54 Å². The molecule has 0 radical (unpaired) electrons. The summed E-state index contributed by atoms with van der Waals surface area (Å²) in [7, 11) is 0. The minimum absolute atomic E-state index is 0.152. The summed E-state index contributed by atoms with van der Waals surface area (Å²) in [5.74, 6) is 0.402. The summed E-state index contributed by atoms with van der Waals surface area (Å²) in [6.45, 7) is 0.152. The second-order valence-electron chi connectivity index (χ2n) is 3.99. The number of alkyl halides is 3. The summed E-state index contributed by atoms with van der Waals surface area (Å²) in [6, 6.07) is 7.88. The molecular formula is C13H12F3NO2. The van der Waals surface area contributed by atoms with E-state index in [0.717, 1.165) is 12.1 Å². The molecule has 0 aliphatic carbocycles. The number of anilines is 1. The average molecular weight is 271 g/mol. The maximum absolute atomic E-state index is 12.3. The van der Waals surface area contributed by atoms with E-state index in [0.29, 0.717) is 11.4 Å². The third-order valence-corrected chi connectivity index (χ3v) is 2.58. The molecule has 1 aromatic heterocycles. The van der Waals surface area contributed by atoms with Crippen LogP contribution in [0.3, 0.4) is 0 Å². The van der Waals surface area contributed by atoms with Gasteiger partial charge in [0, 0.05) is 12.2 Å². The van der Waals surface area contributed by atoms with Crippen LogP contribution in [0.25, 0.3) is 0 Å². The molecule has 2 rings (SSSR count). The highest BCUT2D eigenvalue weighted by atomic mass is 19.4. The molecule has 0 saturated carbocycles. The molecule has 0 amide bonds. The van der Waals surface area contributed by atoms with Gasteiger partial charge in [0.2, 0.25) is 0 Å². The van der Waals surface area contributed by atoms with Crippen molar-refractivity contribution in [1.29, 1.82) is 0 Å². The van der Waals surface area contributed by atoms with Crippen LogP contribution in [-0.2, 0) is 6.18 Å². The first kappa shape index (κ1) is 13.5. The van der Waals surface area contributed by atoms with Gasteiger partial charge >= 0.3 is 6.18 Å². The van der Waals surface area contributed by atoms with Crippen molar-refractivity contribution in [2.45, 2.75) is 12.3 Å². The molecule has 1 aromatic carbocycles. The molecule has 102 valence electrons. The highest BCUT2D eigenvalue weighted by Gasteiger charge is 2.29. The van der Waals surface area contributed by atoms with E-state index in [1.54, 1.807) is 12.1 Å². The van der Waals surface area contributed by atoms with Crippen molar-refractivity contribution in [3.63, 3.8) is 0 Å². The van der Waals surface area contributed by atoms with Gasteiger partial charge in [-0.25, -0.2) is 0 Å². The molecule has 3 nitrogen and oxygen atoms in total. The maximum atomic E-state index is 12.3. The number of benzene rings is 1. The quantitative estimate of drug-likeness (QED) is 0.895. The third kappa shape index (κ3) is 3.51. The van der Waals surface area contributed by atoms with Crippen molar-refractivity contribution in [1.82, 2.24) is 0 Å². The van der Waals surface area contributed by atoms with E-state index in [9.17, 15) is 18.3 Å². The Morgan fingerprint density at radius 3 is 2.37 bits per heavy atom. The molecular weight excluding hydrogens is 259 g/mol. The van der Waals surface area contributed by atoms with Crippen molar-refractivity contribution < 1.29 is 22.7 Å². The van der Waals surface area contributed by atoms with Crippen LogP contribution in [-0.4, -0.2) is 11.7 Å². The molecule has 0 fully saturated rings. The molecule has 1 unspecified atom stereocenters. The first-order valence-electron chi connectivity index (χ1n) is 5.59. The molecule has 2 aromatic rings. The van der Waals surface area contributed by atoms with E-state index < -0.39 is 17.8 Å². The lowest BCUT2D eigenvalue weighted by Gasteiger charge is -2.12. The predicted molar refractivity (Wildman–Crippen MR) is 63.6 cm³/mol. The molecule has 0 saturated heterocycles. The molecule has 6 heteroatoms. The standard InChI is InChI=1S/C13H12F3NO2/c14-13(15,16)9-3-5-10(6-4-9)17-8-11(18)12-2-1-7-19-12/h1-7,11,17-18H,8H2. The van der Waals surface area contributed by atoms with E-state index in [1.807, 2.05) is 0 Å². The Kier molecular flexibility index (Phi) is 3.80. The number of aliphatic hydroxyl groups is 1. The number of rotatable bonds is 4. The minimum atomic E-state index is -4.34. The fraction of sp³-hybridized carbons (Fsp3) is 0.231. The van der Waals surface area contributed by atoms with Crippen molar-refractivity contribution in [2.75, 3.05) is 11.9 Å². The van der Waals surface area contributed by atoms with Gasteiger partial charge in [-0.1, -0.05) is 0 Å². The highest BCUT2D eigenvalue weighted by molar-refractivity contribution is 5.45. The van der Waals surface area contributed by atoms with E-state index >= 15 is 0 Å². The van der Waals surface area contributed by atoms with Gasteiger partial charge in [-0.15, -0.1) is 0 Å². The van der Waals surface area contributed by atoms with E-state index in [2.05, 4.69) is 5.32 Å². The summed E-state index contributed by atoms with van der Waals surface area (Å²) in [5.41, 5.74) is -0.205. The average Bonchev–Trinajstić information content (AvgIpc) is 2.89. The van der Waals surface area contributed by atoms with Gasteiger partial charge in [-0.2, -0.15) is 13.2 Å². The smallest absolute Gasteiger partial charge is 0.416 e. The maximum Gasteiger partial charge on any atom is 0.416 e. The predicted octanol–water partition coefficient (Wildman–Crippen LogP) is 3.44. The number of furan rings is 1. The lowest BCUT2D eigenvalue weighted by atomic mass is 10.2. The number of hydrogen-bond acceptors (Lipinski definition) is 3. The highest BCUT2D eigenvalue weighted by Crippen LogP contribution is 2.29. The second-order valence-corrected chi connectivity index (χ2v) is 3.99.